The Morgan fingerprint density at radius 1 is 1.12 bits per heavy atom. The van der Waals surface area contributed by atoms with Crippen molar-refractivity contribution in [3.63, 3.8) is 0 Å². The summed E-state index contributed by atoms with van der Waals surface area (Å²) in [7, 11) is 0. The van der Waals surface area contributed by atoms with Gasteiger partial charge in [-0.3, -0.25) is 0 Å². The first-order valence-corrected chi connectivity index (χ1v) is 8.52. The van der Waals surface area contributed by atoms with E-state index in [1.54, 1.807) is 13.8 Å². The largest absolute Gasteiger partial charge is 0.417 e. The van der Waals surface area contributed by atoms with Crippen molar-refractivity contribution in [3.05, 3.63) is 53.1 Å². The third-order valence-electron chi connectivity index (χ3n) is 4.60. The van der Waals surface area contributed by atoms with E-state index in [-0.39, 0.29) is 22.9 Å². The first-order valence-electron chi connectivity index (χ1n) is 8.52. The lowest BCUT2D eigenvalue weighted by molar-refractivity contribution is -0.136. The van der Waals surface area contributed by atoms with Gasteiger partial charge in [0.05, 0.1) is 22.3 Å². The number of pyridine rings is 1. The Morgan fingerprint density at radius 2 is 1.77 bits per heavy atom. The molecular formula is C19H17F4N3. The summed E-state index contributed by atoms with van der Waals surface area (Å²) in [5, 5.41) is 4.44. The van der Waals surface area contributed by atoms with Crippen molar-refractivity contribution in [2.75, 3.05) is 0 Å². The van der Waals surface area contributed by atoms with E-state index >= 15 is 0 Å². The summed E-state index contributed by atoms with van der Waals surface area (Å²) >= 11 is 0. The van der Waals surface area contributed by atoms with Gasteiger partial charge in [0.1, 0.15) is 5.82 Å². The molecule has 0 spiro atoms. The average molecular weight is 363 g/mol. The summed E-state index contributed by atoms with van der Waals surface area (Å²) in [5.41, 5.74) is 0.755. The van der Waals surface area contributed by atoms with Crippen molar-refractivity contribution >= 4 is 11.0 Å². The summed E-state index contributed by atoms with van der Waals surface area (Å²) in [5.74, 6) is -0.564. The van der Waals surface area contributed by atoms with Crippen LogP contribution in [0.4, 0.5) is 17.6 Å². The molecule has 0 unspecified atom stereocenters. The van der Waals surface area contributed by atoms with Gasteiger partial charge in [-0.25, -0.2) is 14.1 Å². The van der Waals surface area contributed by atoms with Gasteiger partial charge in [-0.15, -0.1) is 0 Å². The summed E-state index contributed by atoms with van der Waals surface area (Å²) in [6.07, 6.45) is -2.81. The van der Waals surface area contributed by atoms with E-state index in [2.05, 4.69) is 10.1 Å². The highest BCUT2D eigenvalue weighted by Crippen LogP contribution is 2.44. The highest BCUT2D eigenvalue weighted by molar-refractivity contribution is 5.85. The van der Waals surface area contributed by atoms with Gasteiger partial charge in [-0.2, -0.15) is 18.3 Å². The minimum atomic E-state index is -4.49. The van der Waals surface area contributed by atoms with Crippen LogP contribution in [0.3, 0.4) is 0 Å². The van der Waals surface area contributed by atoms with Crippen molar-refractivity contribution in [2.24, 2.45) is 0 Å². The first-order chi connectivity index (χ1) is 12.3. The first kappa shape index (κ1) is 17.0. The number of fused-ring (bicyclic) bond motifs is 1. The second-order valence-electron chi connectivity index (χ2n) is 6.99. The number of hydrogen-bond donors (Lipinski definition) is 0. The molecule has 1 aromatic carbocycles. The molecule has 0 amide bonds. The van der Waals surface area contributed by atoms with Crippen LogP contribution in [0.1, 0.15) is 55.5 Å². The molecule has 1 aliphatic rings. The molecule has 3 aromatic rings. The van der Waals surface area contributed by atoms with Gasteiger partial charge in [0, 0.05) is 11.6 Å². The lowest BCUT2D eigenvalue weighted by Gasteiger charge is -2.12. The fourth-order valence-electron chi connectivity index (χ4n) is 3.14. The number of alkyl halides is 3. The van der Waals surface area contributed by atoms with Crippen molar-refractivity contribution in [1.82, 2.24) is 14.8 Å². The Bertz CT molecular complexity index is 967. The minimum Gasteiger partial charge on any atom is -0.233 e. The van der Waals surface area contributed by atoms with Gasteiger partial charge in [0.25, 0.3) is 0 Å². The quantitative estimate of drug-likeness (QED) is 0.569. The highest BCUT2D eigenvalue weighted by atomic mass is 19.4. The summed E-state index contributed by atoms with van der Waals surface area (Å²) in [6, 6.07) is 6.67. The molecule has 1 fully saturated rings. The molecular weight excluding hydrogens is 346 g/mol. The smallest absolute Gasteiger partial charge is 0.233 e. The maximum Gasteiger partial charge on any atom is 0.417 e. The molecule has 0 radical (unpaired) electrons. The third kappa shape index (κ3) is 2.85. The predicted molar refractivity (Wildman–Crippen MR) is 89.9 cm³/mol. The number of aromatic nitrogens is 3. The molecule has 4 rings (SSSR count). The Balaban J connectivity index is 2.06. The van der Waals surface area contributed by atoms with Crippen LogP contribution < -0.4 is 0 Å². The number of halogens is 4. The van der Waals surface area contributed by atoms with Gasteiger partial charge in [-0.05, 0) is 49.1 Å². The van der Waals surface area contributed by atoms with Crippen molar-refractivity contribution in [3.8, 4) is 5.69 Å². The van der Waals surface area contributed by atoms with Gasteiger partial charge >= 0.3 is 6.18 Å². The van der Waals surface area contributed by atoms with E-state index in [4.69, 9.17) is 0 Å². The summed E-state index contributed by atoms with van der Waals surface area (Å²) in [4.78, 5) is 4.52. The molecule has 1 saturated carbocycles. The van der Waals surface area contributed by atoms with Crippen LogP contribution in [0.5, 0.6) is 0 Å². The van der Waals surface area contributed by atoms with Crippen LogP contribution in [-0.2, 0) is 6.18 Å². The van der Waals surface area contributed by atoms with Gasteiger partial charge in [0.2, 0.25) is 0 Å². The number of hydrogen-bond acceptors (Lipinski definition) is 2. The molecule has 136 valence electrons. The maximum atomic E-state index is 13.8. The van der Waals surface area contributed by atoms with E-state index < -0.39 is 17.6 Å². The molecule has 3 nitrogen and oxygen atoms in total. The molecule has 0 atom stereocenters. The van der Waals surface area contributed by atoms with E-state index in [1.165, 1.54) is 35.0 Å². The molecule has 2 aromatic heterocycles. The van der Waals surface area contributed by atoms with Gasteiger partial charge in [-0.1, -0.05) is 13.8 Å². The van der Waals surface area contributed by atoms with Crippen LogP contribution in [0.25, 0.3) is 16.7 Å². The zero-order chi connectivity index (χ0) is 18.6. The second kappa shape index (κ2) is 5.79. The Morgan fingerprint density at radius 3 is 2.31 bits per heavy atom. The molecule has 1 aliphatic carbocycles. The van der Waals surface area contributed by atoms with Crippen LogP contribution in [0.2, 0.25) is 0 Å². The van der Waals surface area contributed by atoms with Gasteiger partial charge < -0.3 is 0 Å². The van der Waals surface area contributed by atoms with Crippen molar-refractivity contribution in [1.29, 1.82) is 0 Å². The van der Waals surface area contributed by atoms with Gasteiger partial charge in [0.15, 0.2) is 5.65 Å². The highest BCUT2D eigenvalue weighted by Gasteiger charge is 2.38. The Labute approximate surface area is 147 Å². The normalized spacial score (nSPS) is 15.2. The van der Waals surface area contributed by atoms with E-state index in [0.717, 1.165) is 12.8 Å². The lowest BCUT2D eigenvalue weighted by Crippen LogP contribution is -2.09. The van der Waals surface area contributed by atoms with E-state index in [0.29, 0.717) is 17.1 Å². The topological polar surface area (TPSA) is 30.7 Å². The second-order valence-corrected chi connectivity index (χ2v) is 6.99. The average Bonchev–Trinajstić information content (AvgIpc) is 3.34. The fraction of sp³-hybridized carbons (Fsp3) is 0.368. The van der Waals surface area contributed by atoms with Crippen LogP contribution in [0.15, 0.2) is 30.3 Å². The molecule has 26 heavy (non-hydrogen) atoms. The molecule has 7 heteroatoms. The molecule has 0 saturated heterocycles. The van der Waals surface area contributed by atoms with Crippen LogP contribution in [-0.4, -0.2) is 14.8 Å². The third-order valence-corrected chi connectivity index (χ3v) is 4.60. The maximum absolute atomic E-state index is 13.8. The Kier molecular flexibility index (Phi) is 3.78. The number of benzene rings is 1. The van der Waals surface area contributed by atoms with E-state index in [9.17, 15) is 17.6 Å². The predicted octanol–water partition coefficient (Wildman–Crippen LogP) is 5.58. The zero-order valence-electron chi connectivity index (χ0n) is 14.3. The fourth-order valence-corrected chi connectivity index (χ4v) is 3.14. The van der Waals surface area contributed by atoms with E-state index in [1.807, 2.05) is 0 Å². The summed E-state index contributed by atoms with van der Waals surface area (Å²) in [6.45, 7) is 3.59. The summed E-state index contributed by atoms with van der Waals surface area (Å²) < 4.78 is 56.0. The monoisotopic (exact) mass is 363 g/mol. The molecule has 0 N–H and O–H groups in total. The lowest BCUT2D eigenvalue weighted by atomic mass is 10.0. The number of rotatable bonds is 3. The molecule has 0 aliphatic heterocycles. The van der Waals surface area contributed by atoms with Crippen LogP contribution in [0, 0.1) is 5.82 Å². The van der Waals surface area contributed by atoms with Crippen molar-refractivity contribution in [2.45, 2.75) is 44.7 Å². The number of nitrogens with zero attached hydrogens (tertiary/aromatic N) is 3. The Hall–Kier alpha value is -2.44. The standard InChI is InChI=1S/C19H17F4N3/c1-10(2)17-16-14(19(21,22)23)9-15(11-3-4-11)24-18(16)26(25-17)13-7-5-12(20)6-8-13/h5-11H,3-4H2,1-2H3. The zero-order valence-corrected chi connectivity index (χ0v) is 14.3. The molecule has 0 bridgehead atoms. The van der Waals surface area contributed by atoms with Crippen molar-refractivity contribution < 1.29 is 17.6 Å². The molecule has 2 heterocycles. The SMILES string of the molecule is CC(C)c1nn(-c2ccc(F)cc2)c2nc(C3CC3)cc(C(F)(F)F)c12. The van der Waals surface area contributed by atoms with Crippen LogP contribution >= 0.6 is 0 Å². The minimum absolute atomic E-state index is 0.0289.